The molecule has 2 aliphatic rings. The van der Waals surface area contributed by atoms with Gasteiger partial charge in [-0.2, -0.15) is 0 Å². The molecule has 6 nitrogen and oxygen atoms in total. The van der Waals surface area contributed by atoms with Gasteiger partial charge >= 0.3 is 0 Å². The summed E-state index contributed by atoms with van der Waals surface area (Å²) in [4.78, 5) is 33.5. The second-order valence-electron chi connectivity index (χ2n) is 11.9. The van der Waals surface area contributed by atoms with Gasteiger partial charge in [-0.15, -0.1) is 0 Å². The van der Waals surface area contributed by atoms with Crippen LogP contribution in [0.5, 0.6) is 0 Å². The molecule has 0 spiro atoms. The molecule has 6 heteroatoms. The Balaban J connectivity index is 1.39. The van der Waals surface area contributed by atoms with Crippen LogP contribution in [0.3, 0.4) is 0 Å². The molecule has 2 aromatic heterocycles. The number of H-pyrrole nitrogens is 1. The van der Waals surface area contributed by atoms with Crippen molar-refractivity contribution in [1.82, 2.24) is 10.3 Å². The number of anilines is 1. The summed E-state index contributed by atoms with van der Waals surface area (Å²) in [5.74, 6) is 1.22. The summed E-state index contributed by atoms with van der Waals surface area (Å²) < 4.78 is 6.07. The van der Waals surface area contributed by atoms with Crippen molar-refractivity contribution in [2.24, 2.45) is 0 Å². The maximum atomic E-state index is 14.5. The SMILES string of the molecule is Cc1ccc(C(C(=O)NC2CCCCC2)N(C(=O)c2ccc(-c3ccccc3)[nH]2)c2ccc(C3CCCCC3)cc2)o1. The molecule has 0 bridgehead atoms. The summed E-state index contributed by atoms with van der Waals surface area (Å²) in [5, 5.41) is 3.27. The zero-order chi connectivity index (χ0) is 28.9. The van der Waals surface area contributed by atoms with E-state index >= 15 is 0 Å². The number of furan rings is 1. The Morgan fingerprint density at radius 2 is 1.50 bits per heavy atom. The van der Waals surface area contributed by atoms with Crippen molar-refractivity contribution in [3.63, 3.8) is 0 Å². The Morgan fingerprint density at radius 1 is 0.810 bits per heavy atom. The number of aromatic amines is 1. The van der Waals surface area contributed by atoms with Crippen molar-refractivity contribution < 1.29 is 14.0 Å². The van der Waals surface area contributed by atoms with E-state index in [1.54, 1.807) is 11.0 Å². The zero-order valence-corrected chi connectivity index (χ0v) is 24.5. The molecule has 6 rings (SSSR count). The van der Waals surface area contributed by atoms with Crippen molar-refractivity contribution in [1.29, 1.82) is 0 Å². The molecule has 2 aliphatic carbocycles. The minimum absolute atomic E-state index is 0.102. The van der Waals surface area contributed by atoms with Gasteiger partial charge in [-0.05, 0) is 86.1 Å². The second kappa shape index (κ2) is 12.8. The predicted octanol–water partition coefficient (Wildman–Crippen LogP) is 8.47. The summed E-state index contributed by atoms with van der Waals surface area (Å²) in [7, 11) is 0. The number of aryl methyl sites for hydroxylation is 1. The standard InChI is InChI=1S/C36H41N3O3/c1-25-17-24-33(42-25)34(35(40)37-29-15-9-4-10-16-29)39(30-20-18-27(19-21-30)26-11-5-2-6-12-26)36(41)32-23-22-31(38-32)28-13-7-3-8-14-28/h3,7-8,13-14,17-24,26,29,34,38H,2,4-6,9-12,15-16H2,1H3,(H,37,40). The first-order valence-corrected chi connectivity index (χ1v) is 15.6. The molecule has 2 saturated carbocycles. The van der Waals surface area contributed by atoms with E-state index in [2.05, 4.69) is 22.4 Å². The molecule has 0 aliphatic heterocycles. The van der Waals surface area contributed by atoms with Gasteiger partial charge in [-0.1, -0.05) is 81.0 Å². The lowest BCUT2D eigenvalue weighted by atomic mass is 9.84. The van der Waals surface area contributed by atoms with Gasteiger partial charge in [0.1, 0.15) is 17.2 Å². The molecular weight excluding hydrogens is 522 g/mol. The van der Waals surface area contributed by atoms with Crippen LogP contribution in [0.4, 0.5) is 5.69 Å². The third-order valence-corrected chi connectivity index (χ3v) is 8.96. The number of hydrogen-bond acceptors (Lipinski definition) is 3. The number of amides is 2. The van der Waals surface area contributed by atoms with Crippen molar-refractivity contribution in [2.45, 2.75) is 89.1 Å². The lowest BCUT2D eigenvalue weighted by Crippen LogP contribution is -2.47. The van der Waals surface area contributed by atoms with E-state index in [1.807, 2.05) is 67.6 Å². The molecular formula is C36H41N3O3. The van der Waals surface area contributed by atoms with Crippen LogP contribution in [-0.2, 0) is 4.79 Å². The predicted molar refractivity (Wildman–Crippen MR) is 167 cm³/mol. The average molecular weight is 564 g/mol. The maximum absolute atomic E-state index is 14.5. The van der Waals surface area contributed by atoms with Gasteiger partial charge < -0.3 is 14.7 Å². The molecule has 2 N–H and O–H groups in total. The van der Waals surface area contributed by atoms with Crippen molar-refractivity contribution in [3.05, 3.63) is 102 Å². The summed E-state index contributed by atoms with van der Waals surface area (Å²) in [6.07, 6.45) is 11.5. The molecule has 2 aromatic carbocycles. The third kappa shape index (κ3) is 6.23. The van der Waals surface area contributed by atoms with Gasteiger partial charge in [0.05, 0.1) is 0 Å². The van der Waals surface area contributed by atoms with E-state index in [9.17, 15) is 9.59 Å². The fourth-order valence-corrected chi connectivity index (χ4v) is 6.66. The Morgan fingerprint density at radius 3 is 2.17 bits per heavy atom. The van der Waals surface area contributed by atoms with Crippen LogP contribution in [0.2, 0.25) is 0 Å². The second-order valence-corrected chi connectivity index (χ2v) is 11.9. The fourth-order valence-electron chi connectivity index (χ4n) is 6.66. The zero-order valence-electron chi connectivity index (χ0n) is 24.5. The number of hydrogen-bond donors (Lipinski definition) is 2. The Labute approximate surface area is 248 Å². The number of carbonyl (C=O) groups excluding carboxylic acids is 2. The Hall–Kier alpha value is -4.06. The number of nitrogens with zero attached hydrogens (tertiary/aromatic N) is 1. The van der Waals surface area contributed by atoms with Crippen molar-refractivity contribution in [3.8, 4) is 11.3 Å². The van der Waals surface area contributed by atoms with Gasteiger partial charge in [0.2, 0.25) is 0 Å². The Bertz CT molecular complexity index is 1470. The van der Waals surface area contributed by atoms with Crippen molar-refractivity contribution in [2.75, 3.05) is 4.90 Å². The number of rotatable bonds is 8. The molecule has 2 amide bonds. The quantitative estimate of drug-likeness (QED) is 0.226. The topological polar surface area (TPSA) is 78.3 Å². The van der Waals surface area contributed by atoms with Gasteiger partial charge in [0.15, 0.2) is 6.04 Å². The van der Waals surface area contributed by atoms with Crippen LogP contribution >= 0.6 is 0 Å². The molecule has 42 heavy (non-hydrogen) atoms. The third-order valence-electron chi connectivity index (χ3n) is 8.96. The average Bonchev–Trinajstić information content (AvgIpc) is 3.71. The van der Waals surface area contributed by atoms with E-state index in [0.717, 1.165) is 36.9 Å². The number of aromatic nitrogens is 1. The summed E-state index contributed by atoms with van der Waals surface area (Å²) in [6.45, 7) is 1.86. The van der Waals surface area contributed by atoms with Crippen LogP contribution < -0.4 is 10.2 Å². The maximum Gasteiger partial charge on any atom is 0.275 e. The lowest BCUT2D eigenvalue weighted by molar-refractivity contribution is -0.123. The monoisotopic (exact) mass is 563 g/mol. The summed E-state index contributed by atoms with van der Waals surface area (Å²) in [6, 6.07) is 24.8. The van der Waals surface area contributed by atoms with Gasteiger partial charge in [0, 0.05) is 17.4 Å². The molecule has 0 saturated heterocycles. The highest BCUT2D eigenvalue weighted by atomic mass is 16.3. The molecule has 4 aromatic rings. The van der Waals surface area contributed by atoms with Crippen LogP contribution in [0.25, 0.3) is 11.3 Å². The smallest absolute Gasteiger partial charge is 0.275 e. The van der Waals surface area contributed by atoms with E-state index in [4.69, 9.17) is 4.42 Å². The number of benzene rings is 2. The fraction of sp³-hybridized carbons (Fsp3) is 0.389. The Kier molecular flexibility index (Phi) is 8.59. The number of carbonyl (C=O) groups is 2. The molecule has 2 fully saturated rings. The van der Waals surface area contributed by atoms with Crippen LogP contribution in [0, 0.1) is 6.92 Å². The summed E-state index contributed by atoms with van der Waals surface area (Å²) >= 11 is 0. The highest BCUT2D eigenvalue weighted by Gasteiger charge is 2.37. The largest absolute Gasteiger partial charge is 0.464 e. The highest BCUT2D eigenvalue weighted by molar-refractivity contribution is 6.09. The minimum atomic E-state index is -0.947. The highest BCUT2D eigenvalue weighted by Crippen LogP contribution is 2.36. The molecule has 1 atom stereocenters. The van der Waals surface area contributed by atoms with Crippen LogP contribution in [0.1, 0.15) is 104 Å². The molecule has 2 heterocycles. The van der Waals surface area contributed by atoms with Crippen LogP contribution in [0.15, 0.2) is 83.3 Å². The molecule has 0 radical (unpaired) electrons. The molecule has 218 valence electrons. The first-order chi connectivity index (χ1) is 20.6. The first kappa shape index (κ1) is 28.1. The van der Waals surface area contributed by atoms with E-state index in [0.29, 0.717) is 28.8 Å². The van der Waals surface area contributed by atoms with Gasteiger partial charge in [0.25, 0.3) is 11.8 Å². The van der Waals surface area contributed by atoms with Crippen LogP contribution in [-0.4, -0.2) is 22.8 Å². The normalized spacial score (nSPS) is 17.1. The van der Waals surface area contributed by atoms with E-state index < -0.39 is 6.04 Å². The van der Waals surface area contributed by atoms with Crippen molar-refractivity contribution >= 4 is 17.5 Å². The van der Waals surface area contributed by atoms with E-state index in [1.165, 1.54) is 44.1 Å². The number of nitrogens with one attached hydrogen (secondary N) is 2. The molecule has 1 unspecified atom stereocenters. The van der Waals surface area contributed by atoms with Gasteiger partial charge in [-0.3, -0.25) is 14.5 Å². The van der Waals surface area contributed by atoms with Gasteiger partial charge in [-0.25, -0.2) is 0 Å². The summed E-state index contributed by atoms with van der Waals surface area (Å²) in [5.41, 5.74) is 4.24. The lowest BCUT2D eigenvalue weighted by Gasteiger charge is -2.32. The first-order valence-electron chi connectivity index (χ1n) is 15.6. The van der Waals surface area contributed by atoms with E-state index in [-0.39, 0.29) is 17.9 Å². The minimum Gasteiger partial charge on any atom is -0.464 e.